The number of carbonyl (C=O) groups excluding carboxylic acids is 2. The van der Waals surface area contributed by atoms with Crippen molar-refractivity contribution in [3.63, 3.8) is 0 Å². The summed E-state index contributed by atoms with van der Waals surface area (Å²) in [5.74, 6) is -0.0823. The zero-order chi connectivity index (χ0) is 24.2. The van der Waals surface area contributed by atoms with E-state index in [1.807, 2.05) is 50.2 Å². The number of halogens is 1. The number of rotatable bonds is 6. The van der Waals surface area contributed by atoms with Crippen molar-refractivity contribution in [1.82, 2.24) is 19.7 Å². The summed E-state index contributed by atoms with van der Waals surface area (Å²) < 4.78 is 1.66. The normalized spacial score (nSPS) is 11.6. The van der Waals surface area contributed by atoms with Crippen LogP contribution in [-0.4, -0.2) is 31.6 Å². The van der Waals surface area contributed by atoms with E-state index in [0.717, 1.165) is 17.0 Å². The minimum absolute atomic E-state index is 0.249. The van der Waals surface area contributed by atoms with Crippen LogP contribution in [-0.2, 0) is 4.79 Å². The molecule has 2 aromatic heterocycles. The molecule has 0 saturated carbocycles. The van der Waals surface area contributed by atoms with Gasteiger partial charge in [0.1, 0.15) is 6.04 Å². The minimum atomic E-state index is -0.511. The molecule has 0 saturated heterocycles. The average molecular weight is 475 g/mol. The summed E-state index contributed by atoms with van der Waals surface area (Å²) in [5, 5.41) is 10.2. The van der Waals surface area contributed by atoms with Crippen LogP contribution in [0.15, 0.2) is 67.0 Å². The Balaban J connectivity index is 1.41. The number of aromatic nitrogens is 4. The van der Waals surface area contributed by atoms with Gasteiger partial charge in [0.15, 0.2) is 5.82 Å². The number of anilines is 2. The maximum atomic E-state index is 12.7. The molecule has 2 aromatic carbocycles. The van der Waals surface area contributed by atoms with Gasteiger partial charge in [0.05, 0.1) is 22.0 Å². The van der Waals surface area contributed by atoms with Crippen molar-refractivity contribution < 1.29 is 9.59 Å². The molecule has 0 fully saturated rings. The number of nitrogens with zero attached hydrogens (tertiary/aromatic N) is 4. The lowest BCUT2D eigenvalue weighted by atomic mass is 10.2. The highest BCUT2D eigenvalue weighted by Gasteiger charge is 2.19. The summed E-state index contributed by atoms with van der Waals surface area (Å²) in [6.45, 7) is 5.54. The van der Waals surface area contributed by atoms with Crippen LogP contribution in [0.5, 0.6) is 0 Å². The molecule has 0 aliphatic heterocycles. The smallest absolute Gasteiger partial charge is 0.258 e. The summed E-state index contributed by atoms with van der Waals surface area (Å²) in [6, 6.07) is 15.8. The fourth-order valence-corrected chi connectivity index (χ4v) is 3.69. The molecular weight excluding hydrogens is 452 g/mol. The second-order valence-corrected chi connectivity index (χ2v) is 8.25. The maximum Gasteiger partial charge on any atom is 0.258 e. The molecule has 4 aromatic rings. The Labute approximate surface area is 202 Å². The van der Waals surface area contributed by atoms with E-state index < -0.39 is 6.04 Å². The van der Waals surface area contributed by atoms with Crippen LogP contribution in [0.25, 0.3) is 11.4 Å². The Morgan fingerprint density at radius 1 is 0.971 bits per heavy atom. The average Bonchev–Trinajstić information content (AvgIpc) is 3.18. The largest absolute Gasteiger partial charge is 0.323 e. The minimum Gasteiger partial charge on any atom is -0.323 e. The third-order valence-corrected chi connectivity index (χ3v) is 5.53. The molecule has 0 bridgehead atoms. The van der Waals surface area contributed by atoms with Gasteiger partial charge in [-0.25, -0.2) is 9.97 Å². The zero-order valence-corrected chi connectivity index (χ0v) is 19.7. The molecule has 34 heavy (non-hydrogen) atoms. The SMILES string of the molecule is Cc1cc(C)n(C(C)C(=O)Nc2ccc(NC(=O)c3cnc(-c4ccccc4)nc3)cc2Cl)n1. The number of benzene rings is 2. The van der Waals surface area contributed by atoms with Gasteiger partial charge < -0.3 is 10.6 Å². The van der Waals surface area contributed by atoms with E-state index in [-0.39, 0.29) is 11.8 Å². The molecule has 0 aliphatic carbocycles. The molecule has 9 heteroatoms. The van der Waals surface area contributed by atoms with Gasteiger partial charge >= 0.3 is 0 Å². The molecule has 1 unspecified atom stereocenters. The fraction of sp³-hybridized carbons (Fsp3) is 0.160. The number of nitrogens with one attached hydrogen (secondary N) is 2. The van der Waals surface area contributed by atoms with Crippen LogP contribution in [0.3, 0.4) is 0 Å². The number of hydrogen-bond acceptors (Lipinski definition) is 5. The first-order chi connectivity index (χ1) is 16.3. The van der Waals surface area contributed by atoms with Gasteiger partial charge in [0, 0.05) is 29.3 Å². The van der Waals surface area contributed by atoms with Gasteiger partial charge in [-0.15, -0.1) is 0 Å². The van der Waals surface area contributed by atoms with E-state index in [1.165, 1.54) is 12.4 Å². The van der Waals surface area contributed by atoms with E-state index in [0.29, 0.717) is 27.8 Å². The molecule has 4 rings (SSSR count). The molecule has 0 aliphatic rings. The monoisotopic (exact) mass is 474 g/mol. The van der Waals surface area contributed by atoms with Crippen LogP contribution < -0.4 is 10.6 Å². The Morgan fingerprint density at radius 3 is 2.29 bits per heavy atom. The van der Waals surface area contributed by atoms with Crippen LogP contribution in [0.4, 0.5) is 11.4 Å². The first kappa shape index (κ1) is 23.1. The van der Waals surface area contributed by atoms with E-state index >= 15 is 0 Å². The predicted octanol–water partition coefficient (Wildman–Crippen LogP) is 5.06. The highest BCUT2D eigenvalue weighted by molar-refractivity contribution is 6.34. The molecule has 172 valence electrons. The molecular formula is C25H23ClN6O2. The lowest BCUT2D eigenvalue weighted by Crippen LogP contribution is -2.25. The quantitative estimate of drug-likeness (QED) is 0.406. The van der Waals surface area contributed by atoms with Crippen molar-refractivity contribution in [3.05, 3.63) is 89.0 Å². The number of hydrogen-bond donors (Lipinski definition) is 2. The summed E-state index contributed by atoms with van der Waals surface area (Å²) in [4.78, 5) is 33.8. The Hall–Kier alpha value is -4.04. The van der Waals surface area contributed by atoms with Crippen molar-refractivity contribution in [3.8, 4) is 11.4 Å². The van der Waals surface area contributed by atoms with Gasteiger partial charge in [0.25, 0.3) is 5.91 Å². The van der Waals surface area contributed by atoms with E-state index in [9.17, 15) is 9.59 Å². The topological polar surface area (TPSA) is 102 Å². The molecule has 0 radical (unpaired) electrons. The van der Waals surface area contributed by atoms with Gasteiger partial charge in [-0.3, -0.25) is 14.3 Å². The molecule has 2 amide bonds. The zero-order valence-electron chi connectivity index (χ0n) is 18.9. The predicted molar refractivity (Wildman–Crippen MR) is 132 cm³/mol. The van der Waals surface area contributed by atoms with Crippen molar-refractivity contribution in [2.75, 3.05) is 10.6 Å². The van der Waals surface area contributed by atoms with Gasteiger partial charge in [-0.1, -0.05) is 41.9 Å². The van der Waals surface area contributed by atoms with Gasteiger partial charge in [-0.05, 0) is 45.0 Å². The van der Waals surface area contributed by atoms with E-state index in [1.54, 1.807) is 29.8 Å². The van der Waals surface area contributed by atoms with Crippen molar-refractivity contribution in [1.29, 1.82) is 0 Å². The lowest BCUT2D eigenvalue weighted by Gasteiger charge is -2.16. The van der Waals surface area contributed by atoms with Crippen molar-refractivity contribution >= 4 is 34.8 Å². The summed E-state index contributed by atoms with van der Waals surface area (Å²) in [7, 11) is 0. The van der Waals surface area contributed by atoms with Crippen molar-refractivity contribution in [2.45, 2.75) is 26.8 Å². The third-order valence-electron chi connectivity index (χ3n) is 5.22. The Morgan fingerprint density at radius 2 is 1.68 bits per heavy atom. The standard InChI is InChI=1S/C25H23ClN6O2/c1-15-11-16(2)32(31-15)17(3)24(33)30-22-10-9-20(12-21(22)26)29-25(34)19-13-27-23(28-14-19)18-7-5-4-6-8-18/h4-14,17H,1-3H3,(H,29,34)(H,30,33). The van der Waals surface area contributed by atoms with E-state index in [4.69, 9.17) is 11.6 Å². The second-order valence-electron chi connectivity index (χ2n) is 7.85. The lowest BCUT2D eigenvalue weighted by molar-refractivity contribution is -0.119. The summed E-state index contributed by atoms with van der Waals surface area (Å²) in [5.41, 5.74) is 3.83. The Kier molecular flexibility index (Phi) is 6.70. The number of amides is 2. The van der Waals surface area contributed by atoms with Gasteiger partial charge in [-0.2, -0.15) is 5.10 Å². The summed E-state index contributed by atoms with van der Waals surface area (Å²) >= 11 is 6.36. The summed E-state index contributed by atoms with van der Waals surface area (Å²) in [6.07, 6.45) is 2.95. The van der Waals surface area contributed by atoms with Crippen LogP contribution >= 0.6 is 11.6 Å². The first-order valence-electron chi connectivity index (χ1n) is 10.6. The third kappa shape index (κ3) is 5.13. The first-order valence-corrected chi connectivity index (χ1v) is 11.0. The molecule has 8 nitrogen and oxygen atoms in total. The number of aryl methyl sites for hydroxylation is 2. The molecule has 0 spiro atoms. The van der Waals surface area contributed by atoms with Crippen LogP contribution in [0, 0.1) is 13.8 Å². The van der Waals surface area contributed by atoms with Crippen LogP contribution in [0.2, 0.25) is 5.02 Å². The highest BCUT2D eigenvalue weighted by atomic mass is 35.5. The highest BCUT2D eigenvalue weighted by Crippen LogP contribution is 2.27. The molecule has 2 heterocycles. The Bertz CT molecular complexity index is 1340. The number of carbonyl (C=O) groups is 2. The molecule has 1 atom stereocenters. The van der Waals surface area contributed by atoms with Crippen LogP contribution in [0.1, 0.15) is 34.7 Å². The second kappa shape index (κ2) is 9.84. The molecule has 2 N–H and O–H groups in total. The maximum absolute atomic E-state index is 12.7. The van der Waals surface area contributed by atoms with Gasteiger partial charge in [0.2, 0.25) is 5.91 Å². The van der Waals surface area contributed by atoms with Crippen molar-refractivity contribution in [2.24, 2.45) is 0 Å². The van der Waals surface area contributed by atoms with E-state index in [2.05, 4.69) is 25.7 Å². The fourth-order valence-electron chi connectivity index (χ4n) is 3.47.